The highest BCUT2D eigenvalue weighted by Gasteiger charge is 2.70. The zero-order valence-corrected chi connectivity index (χ0v) is 27.3. The topological polar surface area (TPSA) is 80.9 Å². The smallest absolute Gasteiger partial charge is 0.108 e. The average Bonchev–Trinajstić information content (AvgIpc) is 3.26. The molecule has 0 saturated heterocycles. The SMILES string of the molecule is C[C@H](CC[C@@H](O)[C@@H](O)[C@H](O)CO)[C@H]1CC[C@]2(C)[C@H]3CC[C@H]4[C@@]5(C)CC[C@H](C)C(C)(C)[C@@H]5CC[C@@]4(C)[C@]3(C)CC[C@@H]12. The van der Waals surface area contributed by atoms with Crippen LogP contribution >= 0.6 is 0 Å². The molecule has 0 unspecified atom stereocenters. The molecule has 5 fully saturated rings. The molecule has 0 aromatic carbocycles. The van der Waals surface area contributed by atoms with Gasteiger partial charge in [0.1, 0.15) is 12.2 Å². The van der Waals surface area contributed by atoms with E-state index in [1.54, 1.807) is 0 Å². The van der Waals surface area contributed by atoms with Gasteiger partial charge in [-0.3, -0.25) is 0 Å². The molecule has 4 N–H and O–H groups in total. The lowest BCUT2D eigenvalue weighted by Crippen LogP contribution is -2.66. The number of hydrogen-bond donors (Lipinski definition) is 4. The maximum absolute atomic E-state index is 10.4. The lowest BCUT2D eigenvalue weighted by Gasteiger charge is -2.73. The monoisotopic (exact) mass is 560 g/mol. The first kappa shape index (κ1) is 31.3. The van der Waals surface area contributed by atoms with Crippen molar-refractivity contribution in [2.24, 2.45) is 68.5 Å². The van der Waals surface area contributed by atoms with Gasteiger partial charge >= 0.3 is 0 Å². The predicted molar refractivity (Wildman–Crippen MR) is 162 cm³/mol. The molecule has 5 aliphatic carbocycles. The molecule has 232 valence electrons. The zero-order valence-electron chi connectivity index (χ0n) is 27.3. The summed E-state index contributed by atoms with van der Waals surface area (Å²) in [6.45, 7) is 20.4. The molecular weight excluding hydrogens is 496 g/mol. The molecule has 5 saturated carbocycles. The number of aliphatic hydroxyl groups excluding tert-OH is 4. The Bertz CT molecular complexity index is 918. The van der Waals surface area contributed by atoms with Gasteiger partial charge in [0.05, 0.1) is 12.7 Å². The van der Waals surface area contributed by atoms with Crippen LogP contribution in [0.4, 0.5) is 0 Å². The van der Waals surface area contributed by atoms with Crippen molar-refractivity contribution >= 4 is 0 Å². The summed E-state index contributed by atoms with van der Waals surface area (Å²) < 4.78 is 0. The summed E-state index contributed by atoms with van der Waals surface area (Å²) in [5.74, 6) is 5.28. The second-order valence-electron chi connectivity index (χ2n) is 17.6. The maximum atomic E-state index is 10.4. The molecule has 0 aromatic heterocycles. The lowest BCUT2D eigenvalue weighted by molar-refractivity contribution is -0.246. The molecule has 0 spiro atoms. The standard InChI is InChI=1S/C36H64O4/c1-22(9-10-26(38)31(40)27(39)21-37)24-14-18-33(5)25(24)15-19-35(7)29(33)11-12-30-34(6)17-13-23(2)32(3,4)28(34)16-20-36(30,35)8/h22-31,37-40H,9-21H2,1-8H3/t22-,23+,24-,25+,26-,27-,28+,29-,30+,31-,33+,34+,35-,36-/m1/s1. The fourth-order valence-corrected chi connectivity index (χ4v) is 13.3. The van der Waals surface area contributed by atoms with Gasteiger partial charge in [-0.2, -0.15) is 0 Å². The summed E-state index contributed by atoms with van der Waals surface area (Å²) in [4.78, 5) is 0. The van der Waals surface area contributed by atoms with Gasteiger partial charge in [0.15, 0.2) is 0 Å². The van der Waals surface area contributed by atoms with Crippen LogP contribution in [0.3, 0.4) is 0 Å². The third kappa shape index (κ3) is 4.34. The second-order valence-corrected chi connectivity index (χ2v) is 17.6. The Kier molecular flexibility index (Phi) is 8.19. The number of hydrogen-bond acceptors (Lipinski definition) is 4. The lowest BCUT2D eigenvalue weighted by atomic mass is 9.31. The Labute approximate surface area is 246 Å². The average molecular weight is 561 g/mol. The third-order valence-corrected chi connectivity index (χ3v) is 16.2. The van der Waals surface area contributed by atoms with Crippen LogP contribution in [0.1, 0.15) is 132 Å². The van der Waals surface area contributed by atoms with Crippen LogP contribution in [0.15, 0.2) is 0 Å². The summed E-state index contributed by atoms with van der Waals surface area (Å²) in [6, 6.07) is 0. The second kappa shape index (κ2) is 10.5. The first-order valence-corrected chi connectivity index (χ1v) is 17.2. The summed E-state index contributed by atoms with van der Waals surface area (Å²) in [7, 11) is 0. The Hall–Kier alpha value is -0.160. The summed E-state index contributed by atoms with van der Waals surface area (Å²) in [6.07, 6.45) is 11.7. The van der Waals surface area contributed by atoms with E-state index in [1.165, 1.54) is 64.2 Å². The molecule has 0 radical (unpaired) electrons. The van der Waals surface area contributed by atoms with Crippen molar-refractivity contribution < 1.29 is 20.4 Å². The van der Waals surface area contributed by atoms with Crippen LogP contribution in [0, 0.1) is 68.5 Å². The van der Waals surface area contributed by atoms with E-state index < -0.39 is 24.9 Å². The Morgan fingerprint density at radius 1 is 0.650 bits per heavy atom. The molecule has 4 heteroatoms. The molecule has 0 amide bonds. The van der Waals surface area contributed by atoms with Gasteiger partial charge in [-0.05, 0) is 146 Å². The van der Waals surface area contributed by atoms with E-state index in [1.807, 2.05) is 0 Å². The molecule has 5 aliphatic rings. The molecule has 0 aromatic rings. The van der Waals surface area contributed by atoms with Gasteiger partial charge in [-0.25, -0.2) is 0 Å². The Balaban J connectivity index is 1.33. The largest absolute Gasteiger partial charge is 0.394 e. The minimum Gasteiger partial charge on any atom is -0.394 e. The van der Waals surface area contributed by atoms with Crippen molar-refractivity contribution in [3.8, 4) is 0 Å². The fraction of sp³-hybridized carbons (Fsp3) is 1.00. The van der Waals surface area contributed by atoms with E-state index in [9.17, 15) is 15.3 Å². The molecule has 0 heterocycles. The molecule has 40 heavy (non-hydrogen) atoms. The molecule has 0 bridgehead atoms. The molecule has 5 rings (SSSR count). The van der Waals surface area contributed by atoms with Crippen LogP contribution in [-0.2, 0) is 0 Å². The van der Waals surface area contributed by atoms with Crippen LogP contribution in [-0.4, -0.2) is 45.3 Å². The minimum atomic E-state index is -1.27. The minimum absolute atomic E-state index is 0.406. The number of rotatable bonds is 7. The molecular formula is C36H64O4. The fourth-order valence-electron chi connectivity index (χ4n) is 13.3. The van der Waals surface area contributed by atoms with Crippen molar-refractivity contribution in [3.05, 3.63) is 0 Å². The highest BCUT2D eigenvalue weighted by molar-refractivity contribution is 5.19. The predicted octanol–water partition coefficient (Wildman–Crippen LogP) is 7.22. The van der Waals surface area contributed by atoms with Crippen molar-refractivity contribution in [2.45, 2.75) is 151 Å². The van der Waals surface area contributed by atoms with Gasteiger partial charge in [0, 0.05) is 0 Å². The van der Waals surface area contributed by atoms with Crippen LogP contribution in [0.5, 0.6) is 0 Å². The van der Waals surface area contributed by atoms with Crippen LogP contribution in [0.25, 0.3) is 0 Å². The Morgan fingerprint density at radius 3 is 1.85 bits per heavy atom. The quantitative estimate of drug-likeness (QED) is 0.265. The van der Waals surface area contributed by atoms with E-state index in [2.05, 4.69) is 55.4 Å². The number of fused-ring (bicyclic) bond motifs is 7. The third-order valence-electron chi connectivity index (χ3n) is 16.2. The number of aliphatic hydroxyl groups is 4. The normalized spacial score (nSPS) is 51.0. The highest BCUT2D eigenvalue weighted by Crippen LogP contribution is 2.78. The van der Waals surface area contributed by atoms with Gasteiger partial charge in [0.25, 0.3) is 0 Å². The summed E-state index contributed by atoms with van der Waals surface area (Å²) >= 11 is 0. The first-order chi connectivity index (χ1) is 18.6. The van der Waals surface area contributed by atoms with Crippen LogP contribution in [0.2, 0.25) is 0 Å². The summed E-state index contributed by atoms with van der Waals surface area (Å²) in [5.41, 5.74) is 2.19. The Morgan fingerprint density at radius 2 is 1.23 bits per heavy atom. The first-order valence-electron chi connectivity index (χ1n) is 17.2. The zero-order chi connectivity index (χ0) is 29.5. The van der Waals surface area contributed by atoms with E-state index >= 15 is 0 Å². The van der Waals surface area contributed by atoms with Crippen molar-refractivity contribution in [1.29, 1.82) is 0 Å². The van der Waals surface area contributed by atoms with Gasteiger partial charge < -0.3 is 20.4 Å². The van der Waals surface area contributed by atoms with E-state index in [4.69, 9.17) is 5.11 Å². The van der Waals surface area contributed by atoms with E-state index in [0.717, 1.165) is 36.0 Å². The molecule has 14 atom stereocenters. The van der Waals surface area contributed by atoms with Gasteiger partial charge in [-0.1, -0.05) is 55.4 Å². The van der Waals surface area contributed by atoms with Crippen molar-refractivity contribution in [3.63, 3.8) is 0 Å². The van der Waals surface area contributed by atoms with E-state index in [0.29, 0.717) is 45.3 Å². The van der Waals surface area contributed by atoms with Crippen molar-refractivity contribution in [1.82, 2.24) is 0 Å². The van der Waals surface area contributed by atoms with Crippen molar-refractivity contribution in [2.75, 3.05) is 6.61 Å². The highest BCUT2D eigenvalue weighted by atomic mass is 16.4. The van der Waals surface area contributed by atoms with Crippen LogP contribution < -0.4 is 0 Å². The van der Waals surface area contributed by atoms with Gasteiger partial charge in [0.2, 0.25) is 0 Å². The molecule has 4 nitrogen and oxygen atoms in total. The van der Waals surface area contributed by atoms with E-state index in [-0.39, 0.29) is 0 Å². The van der Waals surface area contributed by atoms with Gasteiger partial charge in [-0.15, -0.1) is 0 Å². The maximum Gasteiger partial charge on any atom is 0.108 e. The summed E-state index contributed by atoms with van der Waals surface area (Å²) in [5, 5.41) is 39.5. The molecule has 0 aliphatic heterocycles.